The fourth-order valence-corrected chi connectivity index (χ4v) is 5.03. The van der Waals surface area contributed by atoms with E-state index in [2.05, 4.69) is 20.9 Å². The maximum absolute atomic E-state index is 13.8. The van der Waals surface area contributed by atoms with Gasteiger partial charge in [-0.1, -0.05) is 38.1 Å². The SMILES string of the molecule is CC(C)(C)[C@@H](C(=O)N1C[C@H](O)C[C@H]1C(=O)NCc1ccc2c(c1)CNC2=O)n1cc(C2CC2)nn1. The first-order chi connectivity index (χ1) is 16.6. The summed E-state index contributed by atoms with van der Waals surface area (Å²) in [5, 5.41) is 24.6. The third kappa shape index (κ3) is 4.67. The van der Waals surface area contributed by atoms with Crippen molar-refractivity contribution in [3.63, 3.8) is 0 Å². The van der Waals surface area contributed by atoms with E-state index in [0.717, 1.165) is 29.7 Å². The molecule has 2 aliphatic heterocycles. The van der Waals surface area contributed by atoms with Gasteiger partial charge in [-0.3, -0.25) is 14.4 Å². The van der Waals surface area contributed by atoms with Gasteiger partial charge in [0.1, 0.15) is 12.1 Å². The zero-order valence-electron chi connectivity index (χ0n) is 20.3. The normalized spacial score (nSPS) is 22.6. The van der Waals surface area contributed by atoms with E-state index in [1.807, 2.05) is 39.1 Å². The molecule has 1 saturated heterocycles. The summed E-state index contributed by atoms with van der Waals surface area (Å²) < 4.78 is 1.62. The van der Waals surface area contributed by atoms with Crippen molar-refractivity contribution in [2.45, 2.75) is 77.2 Å². The second-order valence-corrected chi connectivity index (χ2v) is 11.0. The van der Waals surface area contributed by atoms with E-state index in [1.54, 1.807) is 10.7 Å². The van der Waals surface area contributed by atoms with Gasteiger partial charge < -0.3 is 20.6 Å². The summed E-state index contributed by atoms with van der Waals surface area (Å²) in [6.07, 6.45) is 3.43. The molecule has 3 atom stereocenters. The van der Waals surface area contributed by atoms with Crippen molar-refractivity contribution in [2.24, 2.45) is 5.41 Å². The van der Waals surface area contributed by atoms with Gasteiger partial charge >= 0.3 is 0 Å². The number of hydrogen-bond acceptors (Lipinski definition) is 6. The van der Waals surface area contributed by atoms with Crippen molar-refractivity contribution < 1.29 is 19.5 Å². The van der Waals surface area contributed by atoms with Crippen molar-refractivity contribution in [2.75, 3.05) is 6.54 Å². The Balaban J connectivity index is 1.31. The highest BCUT2D eigenvalue weighted by Gasteiger charge is 2.45. The first kappa shape index (κ1) is 23.5. The van der Waals surface area contributed by atoms with Crippen molar-refractivity contribution in [1.29, 1.82) is 0 Å². The lowest BCUT2D eigenvalue weighted by Gasteiger charge is -2.34. The molecule has 1 aromatic heterocycles. The Labute approximate surface area is 204 Å². The molecule has 0 radical (unpaired) electrons. The van der Waals surface area contributed by atoms with Crippen molar-refractivity contribution in [1.82, 2.24) is 30.5 Å². The van der Waals surface area contributed by atoms with Crippen LogP contribution in [0.15, 0.2) is 24.4 Å². The standard InChI is InChI=1S/C25H32N6O4/c1-25(2,3)21(31-13-19(28-29-31)15-5-6-15)24(35)30-12-17(32)9-20(30)23(34)26-10-14-4-7-18-16(8-14)11-27-22(18)33/h4,7-8,13,15,17,20-21,32H,5-6,9-12H2,1-3H3,(H,26,34)(H,27,33)/t17-,20+,21-/m1/s1. The van der Waals surface area contributed by atoms with E-state index in [-0.39, 0.29) is 37.2 Å². The summed E-state index contributed by atoms with van der Waals surface area (Å²) >= 11 is 0. The first-order valence-electron chi connectivity index (χ1n) is 12.2. The van der Waals surface area contributed by atoms with Crippen LogP contribution in [0, 0.1) is 5.41 Å². The number of nitrogens with zero attached hydrogens (tertiary/aromatic N) is 4. The molecule has 0 unspecified atom stereocenters. The van der Waals surface area contributed by atoms with Gasteiger partial charge in [0.05, 0.1) is 11.8 Å². The van der Waals surface area contributed by atoms with E-state index >= 15 is 0 Å². The second kappa shape index (κ2) is 8.75. The number of β-amino-alcohol motifs (C(OH)–C–C–N with tert-alkyl or cyclic N) is 1. The predicted molar refractivity (Wildman–Crippen MR) is 126 cm³/mol. The van der Waals surface area contributed by atoms with E-state index < -0.39 is 23.6 Å². The van der Waals surface area contributed by atoms with E-state index in [1.165, 1.54) is 4.90 Å². The summed E-state index contributed by atoms with van der Waals surface area (Å²) in [4.78, 5) is 40.2. The molecule has 35 heavy (non-hydrogen) atoms. The largest absolute Gasteiger partial charge is 0.391 e. The number of amides is 3. The minimum Gasteiger partial charge on any atom is -0.391 e. The first-order valence-corrected chi connectivity index (χ1v) is 12.2. The predicted octanol–water partition coefficient (Wildman–Crippen LogP) is 1.26. The van der Waals surface area contributed by atoms with Crippen LogP contribution in [0.2, 0.25) is 0 Å². The minimum atomic E-state index is -0.773. The molecule has 1 aromatic carbocycles. The third-order valence-electron chi connectivity index (χ3n) is 7.03. The molecule has 0 spiro atoms. The number of likely N-dealkylation sites (tertiary alicyclic amines) is 1. The minimum absolute atomic E-state index is 0.0882. The van der Waals surface area contributed by atoms with Gasteiger partial charge in [-0.25, -0.2) is 4.68 Å². The summed E-state index contributed by atoms with van der Waals surface area (Å²) in [7, 11) is 0. The number of nitrogens with one attached hydrogen (secondary N) is 2. The van der Waals surface area contributed by atoms with Crippen LogP contribution in [0.3, 0.4) is 0 Å². The van der Waals surface area contributed by atoms with Gasteiger partial charge in [-0.15, -0.1) is 5.10 Å². The van der Waals surface area contributed by atoms with Gasteiger partial charge in [-0.05, 0) is 35.4 Å². The van der Waals surface area contributed by atoms with Crippen molar-refractivity contribution >= 4 is 17.7 Å². The zero-order valence-corrected chi connectivity index (χ0v) is 20.3. The van der Waals surface area contributed by atoms with Gasteiger partial charge in [0.15, 0.2) is 0 Å². The Morgan fingerprint density at radius 1 is 1.29 bits per heavy atom. The van der Waals surface area contributed by atoms with Crippen LogP contribution in [0.4, 0.5) is 0 Å². The van der Waals surface area contributed by atoms with Gasteiger partial charge in [0.2, 0.25) is 11.8 Å². The van der Waals surface area contributed by atoms with Crippen molar-refractivity contribution in [3.8, 4) is 0 Å². The number of aromatic nitrogens is 3. The molecule has 0 bridgehead atoms. The van der Waals surface area contributed by atoms with Crippen LogP contribution in [-0.2, 0) is 22.7 Å². The molecule has 2 fully saturated rings. The number of aliphatic hydroxyl groups is 1. The van der Waals surface area contributed by atoms with Gasteiger partial charge in [0.25, 0.3) is 5.91 Å². The number of benzene rings is 1. The summed E-state index contributed by atoms with van der Waals surface area (Å²) in [6, 6.07) is 4.05. The molecule has 10 nitrogen and oxygen atoms in total. The smallest absolute Gasteiger partial charge is 0.251 e. The Morgan fingerprint density at radius 3 is 2.77 bits per heavy atom. The monoisotopic (exact) mass is 480 g/mol. The van der Waals surface area contributed by atoms with E-state index in [4.69, 9.17) is 0 Å². The fraction of sp³-hybridized carbons (Fsp3) is 0.560. The Kier molecular flexibility index (Phi) is 5.86. The molecule has 5 rings (SSSR count). The number of carbonyl (C=O) groups excluding carboxylic acids is 3. The van der Waals surface area contributed by atoms with E-state index in [9.17, 15) is 19.5 Å². The Bertz CT molecular complexity index is 1160. The molecule has 3 aliphatic rings. The Hall–Kier alpha value is -3.27. The molecule has 10 heteroatoms. The second-order valence-electron chi connectivity index (χ2n) is 11.0. The van der Waals surface area contributed by atoms with Gasteiger partial charge in [-0.2, -0.15) is 0 Å². The maximum Gasteiger partial charge on any atom is 0.251 e. The summed E-state index contributed by atoms with van der Waals surface area (Å²) in [5.74, 6) is -0.229. The molecule has 3 heterocycles. The van der Waals surface area contributed by atoms with Crippen LogP contribution in [-0.4, -0.2) is 61.4 Å². The van der Waals surface area contributed by atoms with Crippen LogP contribution < -0.4 is 10.6 Å². The van der Waals surface area contributed by atoms with Crippen LogP contribution in [0.5, 0.6) is 0 Å². The molecule has 2 aromatic rings. The van der Waals surface area contributed by atoms with Crippen molar-refractivity contribution in [3.05, 3.63) is 46.8 Å². The van der Waals surface area contributed by atoms with Crippen LogP contribution in [0.1, 0.15) is 79.2 Å². The average molecular weight is 481 g/mol. The van der Waals surface area contributed by atoms with E-state index in [0.29, 0.717) is 18.0 Å². The Morgan fingerprint density at radius 2 is 2.06 bits per heavy atom. The zero-order chi connectivity index (χ0) is 24.9. The highest BCUT2D eigenvalue weighted by atomic mass is 16.3. The number of hydrogen-bond donors (Lipinski definition) is 3. The molecule has 3 N–H and O–H groups in total. The van der Waals surface area contributed by atoms with Gasteiger partial charge in [0, 0.05) is 43.7 Å². The summed E-state index contributed by atoms with van der Waals surface area (Å²) in [5.41, 5.74) is 2.85. The molecular formula is C25H32N6O4. The quantitative estimate of drug-likeness (QED) is 0.571. The lowest BCUT2D eigenvalue weighted by molar-refractivity contribution is -0.144. The average Bonchev–Trinajstić information content (AvgIpc) is 3.23. The fourth-order valence-electron chi connectivity index (χ4n) is 5.03. The molecule has 186 valence electrons. The molecule has 3 amide bonds. The maximum atomic E-state index is 13.8. The highest BCUT2D eigenvalue weighted by molar-refractivity contribution is 5.98. The number of aliphatic hydroxyl groups excluding tert-OH is 1. The summed E-state index contributed by atoms with van der Waals surface area (Å²) in [6.45, 7) is 6.73. The third-order valence-corrected chi connectivity index (χ3v) is 7.03. The van der Waals surface area contributed by atoms with Crippen LogP contribution in [0.25, 0.3) is 0 Å². The topological polar surface area (TPSA) is 129 Å². The molecular weight excluding hydrogens is 448 g/mol. The lowest BCUT2D eigenvalue weighted by atomic mass is 9.85. The number of rotatable bonds is 6. The number of carbonyl (C=O) groups is 3. The van der Waals surface area contributed by atoms with Crippen LogP contribution >= 0.6 is 0 Å². The molecule has 1 aliphatic carbocycles. The molecule has 1 saturated carbocycles. The highest BCUT2D eigenvalue weighted by Crippen LogP contribution is 2.40. The lowest BCUT2D eigenvalue weighted by Crippen LogP contribution is -2.50. The number of fused-ring (bicyclic) bond motifs is 1.